The van der Waals surface area contributed by atoms with Gasteiger partial charge in [0.1, 0.15) is 23.4 Å². The first kappa shape index (κ1) is 14.7. The van der Waals surface area contributed by atoms with Crippen LogP contribution in [0.4, 0.5) is 10.1 Å². The monoisotopic (exact) mass is 286 g/mol. The molecule has 0 aliphatic carbocycles. The maximum Gasteiger partial charge on any atom is 0.140 e. The van der Waals surface area contributed by atoms with E-state index in [4.69, 9.17) is 14.7 Å². The van der Waals surface area contributed by atoms with Gasteiger partial charge in [-0.05, 0) is 17.7 Å². The lowest BCUT2D eigenvalue weighted by molar-refractivity contribution is 0.394. The van der Waals surface area contributed by atoms with Crippen molar-refractivity contribution >= 4 is 5.69 Å². The van der Waals surface area contributed by atoms with Gasteiger partial charge in [0.25, 0.3) is 0 Å². The van der Waals surface area contributed by atoms with Crippen molar-refractivity contribution in [2.45, 2.75) is 6.54 Å². The Morgan fingerprint density at radius 3 is 2.33 bits per heavy atom. The number of hydrogen-bond donors (Lipinski definition) is 1. The molecule has 0 bridgehead atoms. The smallest absolute Gasteiger partial charge is 0.140 e. The van der Waals surface area contributed by atoms with Gasteiger partial charge in [-0.1, -0.05) is 6.07 Å². The SMILES string of the molecule is COc1cc(NCc2ccc(F)c(C#N)c2)cc(OC)c1. The largest absolute Gasteiger partial charge is 0.497 e. The molecule has 108 valence electrons. The Morgan fingerprint density at radius 2 is 1.76 bits per heavy atom. The molecule has 0 unspecified atom stereocenters. The van der Waals surface area contributed by atoms with E-state index in [0.29, 0.717) is 18.0 Å². The van der Waals surface area contributed by atoms with Gasteiger partial charge >= 0.3 is 0 Å². The quantitative estimate of drug-likeness (QED) is 0.916. The molecule has 0 radical (unpaired) electrons. The normalized spacial score (nSPS) is 9.81. The summed E-state index contributed by atoms with van der Waals surface area (Å²) in [6.07, 6.45) is 0. The van der Waals surface area contributed by atoms with E-state index in [-0.39, 0.29) is 5.56 Å². The van der Waals surface area contributed by atoms with E-state index < -0.39 is 5.82 Å². The lowest BCUT2D eigenvalue weighted by atomic mass is 10.1. The van der Waals surface area contributed by atoms with Gasteiger partial charge in [0.05, 0.1) is 19.8 Å². The molecule has 2 rings (SSSR count). The van der Waals surface area contributed by atoms with Crippen LogP contribution in [0.1, 0.15) is 11.1 Å². The predicted octanol–water partition coefficient (Wildman–Crippen LogP) is 3.33. The molecular formula is C16H15FN2O2. The number of halogens is 1. The second kappa shape index (κ2) is 6.62. The minimum atomic E-state index is -0.510. The van der Waals surface area contributed by atoms with Crippen LogP contribution < -0.4 is 14.8 Å². The summed E-state index contributed by atoms with van der Waals surface area (Å²) in [5.41, 5.74) is 1.67. The van der Waals surface area contributed by atoms with Crippen LogP contribution in [-0.4, -0.2) is 14.2 Å². The maximum absolute atomic E-state index is 13.3. The number of hydrogen-bond acceptors (Lipinski definition) is 4. The number of rotatable bonds is 5. The van der Waals surface area contributed by atoms with Crippen LogP contribution in [0.5, 0.6) is 11.5 Å². The summed E-state index contributed by atoms with van der Waals surface area (Å²) in [5.74, 6) is 0.839. The second-order valence-electron chi connectivity index (χ2n) is 4.38. The molecule has 0 aromatic heterocycles. The van der Waals surface area contributed by atoms with E-state index in [1.807, 2.05) is 18.2 Å². The first-order chi connectivity index (χ1) is 10.2. The Morgan fingerprint density at radius 1 is 1.10 bits per heavy atom. The van der Waals surface area contributed by atoms with E-state index in [0.717, 1.165) is 11.3 Å². The van der Waals surface area contributed by atoms with Crippen LogP contribution in [0.15, 0.2) is 36.4 Å². The number of nitrogens with zero attached hydrogens (tertiary/aromatic N) is 1. The highest BCUT2D eigenvalue weighted by molar-refractivity contribution is 5.54. The lowest BCUT2D eigenvalue weighted by Gasteiger charge is -2.11. The molecule has 2 aromatic rings. The maximum atomic E-state index is 13.3. The first-order valence-electron chi connectivity index (χ1n) is 6.31. The van der Waals surface area contributed by atoms with Crippen molar-refractivity contribution in [2.24, 2.45) is 0 Å². The third-order valence-electron chi connectivity index (χ3n) is 3.00. The Bertz CT molecular complexity index is 658. The van der Waals surface area contributed by atoms with Crippen molar-refractivity contribution in [3.05, 3.63) is 53.3 Å². The Hall–Kier alpha value is -2.74. The third kappa shape index (κ3) is 3.63. The van der Waals surface area contributed by atoms with Crippen molar-refractivity contribution in [1.82, 2.24) is 0 Å². The molecule has 0 aliphatic rings. The van der Waals surface area contributed by atoms with Crippen molar-refractivity contribution < 1.29 is 13.9 Å². The molecule has 21 heavy (non-hydrogen) atoms. The molecule has 0 heterocycles. The van der Waals surface area contributed by atoms with E-state index in [2.05, 4.69) is 5.32 Å². The number of ether oxygens (including phenoxy) is 2. The first-order valence-corrected chi connectivity index (χ1v) is 6.31. The van der Waals surface area contributed by atoms with Crippen LogP contribution in [-0.2, 0) is 6.54 Å². The molecule has 2 aromatic carbocycles. The number of benzene rings is 2. The van der Waals surface area contributed by atoms with Crippen LogP contribution in [0.3, 0.4) is 0 Å². The topological polar surface area (TPSA) is 54.3 Å². The summed E-state index contributed by atoms with van der Waals surface area (Å²) in [6, 6.07) is 11.7. The zero-order chi connectivity index (χ0) is 15.2. The number of anilines is 1. The molecule has 0 saturated heterocycles. The minimum absolute atomic E-state index is 0.0394. The van der Waals surface area contributed by atoms with Crippen LogP contribution in [0.25, 0.3) is 0 Å². The highest BCUT2D eigenvalue weighted by Gasteiger charge is 2.04. The summed E-state index contributed by atoms with van der Waals surface area (Å²) >= 11 is 0. The molecule has 0 atom stereocenters. The Labute approximate surface area is 122 Å². The fourth-order valence-corrected chi connectivity index (χ4v) is 1.88. The molecule has 0 fully saturated rings. The molecule has 4 nitrogen and oxygen atoms in total. The summed E-state index contributed by atoms with van der Waals surface area (Å²) in [5, 5.41) is 12.0. The highest BCUT2D eigenvalue weighted by Crippen LogP contribution is 2.26. The Kier molecular flexibility index (Phi) is 4.62. The van der Waals surface area contributed by atoms with Crippen molar-refractivity contribution in [3.8, 4) is 17.6 Å². The van der Waals surface area contributed by atoms with Gasteiger partial charge in [-0.2, -0.15) is 5.26 Å². The van der Waals surface area contributed by atoms with E-state index in [9.17, 15) is 4.39 Å². The average Bonchev–Trinajstić information content (AvgIpc) is 2.53. The summed E-state index contributed by atoms with van der Waals surface area (Å²) in [7, 11) is 3.16. The molecule has 0 spiro atoms. The summed E-state index contributed by atoms with van der Waals surface area (Å²) < 4.78 is 23.6. The van der Waals surface area contributed by atoms with Crippen molar-refractivity contribution in [2.75, 3.05) is 19.5 Å². The van der Waals surface area contributed by atoms with E-state index in [1.165, 1.54) is 12.1 Å². The van der Waals surface area contributed by atoms with E-state index in [1.54, 1.807) is 26.4 Å². The number of nitrogens with one attached hydrogen (secondary N) is 1. The third-order valence-corrected chi connectivity index (χ3v) is 3.00. The molecule has 5 heteroatoms. The number of methoxy groups -OCH3 is 2. The summed E-state index contributed by atoms with van der Waals surface area (Å²) in [4.78, 5) is 0. The van der Waals surface area contributed by atoms with Gasteiger partial charge in [0.2, 0.25) is 0 Å². The average molecular weight is 286 g/mol. The van der Waals surface area contributed by atoms with Crippen LogP contribution >= 0.6 is 0 Å². The molecule has 0 saturated carbocycles. The zero-order valence-electron chi connectivity index (χ0n) is 11.8. The predicted molar refractivity (Wildman–Crippen MR) is 78.0 cm³/mol. The number of nitriles is 1. The lowest BCUT2D eigenvalue weighted by Crippen LogP contribution is -2.01. The van der Waals surface area contributed by atoms with Gasteiger partial charge in [-0.15, -0.1) is 0 Å². The zero-order valence-corrected chi connectivity index (χ0v) is 11.8. The highest BCUT2D eigenvalue weighted by atomic mass is 19.1. The van der Waals surface area contributed by atoms with Gasteiger partial charge < -0.3 is 14.8 Å². The molecule has 0 aliphatic heterocycles. The van der Waals surface area contributed by atoms with Gasteiger partial charge in [0.15, 0.2) is 0 Å². The summed E-state index contributed by atoms with van der Waals surface area (Å²) in [6.45, 7) is 0.464. The Balaban J connectivity index is 2.14. The van der Waals surface area contributed by atoms with Gasteiger partial charge in [-0.25, -0.2) is 4.39 Å². The van der Waals surface area contributed by atoms with Crippen LogP contribution in [0.2, 0.25) is 0 Å². The molecule has 0 amide bonds. The van der Waals surface area contributed by atoms with Gasteiger partial charge in [0, 0.05) is 30.4 Å². The fourth-order valence-electron chi connectivity index (χ4n) is 1.88. The van der Waals surface area contributed by atoms with Gasteiger partial charge in [-0.3, -0.25) is 0 Å². The second-order valence-corrected chi connectivity index (χ2v) is 4.38. The van der Waals surface area contributed by atoms with Crippen LogP contribution in [0, 0.1) is 17.1 Å². The van der Waals surface area contributed by atoms with E-state index >= 15 is 0 Å². The standard InChI is InChI=1S/C16H15FN2O2/c1-20-14-6-13(7-15(8-14)21-2)19-10-11-3-4-16(17)12(5-11)9-18/h3-8,19H,10H2,1-2H3. The van der Waals surface area contributed by atoms with Crippen molar-refractivity contribution in [1.29, 1.82) is 5.26 Å². The fraction of sp³-hybridized carbons (Fsp3) is 0.188. The molecule has 1 N–H and O–H groups in total. The minimum Gasteiger partial charge on any atom is -0.497 e. The molecular weight excluding hydrogens is 271 g/mol. The van der Waals surface area contributed by atoms with Crippen molar-refractivity contribution in [3.63, 3.8) is 0 Å².